The Kier molecular flexibility index (Phi) is 5.96. The Balaban J connectivity index is 1.64. The van der Waals surface area contributed by atoms with Crippen LogP contribution in [0.2, 0.25) is 0 Å². The Labute approximate surface area is 174 Å². The lowest BCUT2D eigenvalue weighted by Crippen LogP contribution is -2.58. The van der Waals surface area contributed by atoms with E-state index in [4.69, 9.17) is 9.47 Å². The first-order valence-electron chi connectivity index (χ1n) is 9.47. The zero-order chi connectivity index (χ0) is 21.9. The van der Waals surface area contributed by atoms with Gasteiger partial charge in [0.05, 0.1) is 5.97 Å². The highest BCUT2D eigenvalue weighted by atomic mass is 16.6. The van der Waals surface area contributed by atoms with Gasteiger partial charge in [-0.25, -0.2) is 9.59 Å². The van der Waals surface area contributed by atoms with Crippen LogP contribution in [0.15, 0.2) is 48.5 Å². The second-order valence-electron chi connectivity index (χ2n) is 7.87. The highest BCUT2D eigenvalue weighted by Gasteiger charge is 2.29. The van der Waals surface area contributed by atoms with Crippen LogP contribution in [0, 0.1) is 0 Å². The summed E-state index contributed by atoms with van der Waals surface area (Å²) in [6, 6.07) is 15.7. The summed E-state index contributed by atoms with van der Waals surface area (Å²) in [5.74, 6) is -1.88. The summed E-state index contributed by atoms with van der Waals surface area (Å²) < 4.78 is 10.3. The Morgan fingerprint density at radius 3 is 1.93 bits per heavy atom. The van der Waals surface area contributed by atoms with Gasteiger partial charge in [0.1, 0.15) is 18.4 Å². The number of aliphatic carboxylic acids is 1. The predicted molar refractivity (Wildman–Crippen MR) is 106 cm³/mol. The molecular formula is C22H23N2O6-. The number of carboxylic acids is 1. The van der Waals surface area contributed by atoms with Crippen LogP contribution < -0.4 is 15.7 Å². The largest absolute Gasteiger partial charge is 0.546 e. The molecule has 2 aromatic rings. The van der Waals surface area contributed by atoms with Gasteiger partial charge >= 0.3 is 12.2 Å². The lowest BCUT2D eigenvalue weighted by Gasteiger charge is -2.24. The number of hydrogen-bond donors (Lipinski definition) is 2. The number of alkyl carbamates (subject to hydrolysis) is 2. The summed E-state index contributed by atoms with van der Waals surface area (Å²) in [4.78, 5) is 35.2. The molecule has 30 heavy (non-hydrogen) atoms. The van der Waals surface area contributed by atoms with Gasteiger partial charge in [0.15, 0.2) is 0 Å². The standard InChI is InChI=1S/C22H24N2O6/c1-22(2,3)30-21(28)24-18(19(25)26)23-20(27)29-12-17-15-10-6-4-8-13(15)14-9-5-7-11-16(14)17/h4-11,17-18H,12H2,1-3H3,(H,23,27)(H,24,28)(H,25,26)/p-1/t18-/m0/s1. The number of rotatable bonds is 5. The molecule has 0 fully saturated rings. The zero-order valence-corrected chi connectivity index (χ0v) is 16.9. The van der Waals surface area contributed by atoms with Crippen LogP contribution in [0.3, 0.4) is 0 Å². The number of carbonyl (C=O) groups excluding carboxylic acids is 3. The molecule has 0 radical (unpaired) electrons. The number of nitrogens with one attached hydrogen (secondary N) is 2. The maximum absolute atomic E-state index is 12.2. The molecule has 2 N–H and O–H groups in total. The fraction of sp³-hybridized carbons (Fsp3) is 0.318. The molecule has 0 saturated heterocycles. The van der Waals surface area contributed by atoms with Crippen molar-refractivity contribution in [2.45, 2.75) is 38.5 Å². The van der Waals surface area contributed by atoms with Crippen LogP contribution in [0.1, 0.15) is 37.8 Å². The Bertz CT molecular complexity index is 921. The van der Waals surface area contributed by atoms with E-state index in [9.17, 15) is 19.5 Å². The number of fused-ring (bicyclic) bond motifs is 3. The first-order valence-corrected chi connectivity index (χ1v) is 9.47. The van der Waals surface area contributed by atoms with Crippen LogP contribution in [-0.4, -0.2) is 36.5 Å². The van der Waals surface area contributed by atoms with Crippen molar-refractivity contribution in [2.24, 2.45) is 0 Å². The van der Waals surface area contributed by atoms with E-state index in [1.54, 1.807) is 20.8 Å². The number of amides is 2. The van der Waals surface area contributed by atoms with Gasteiger partial charge in [-0.1, -0.05) is 48.5 Å². The van der Waals surface area contributed by atoms with E-state index in [1.807, 2.05) is 53.8 Å². The normalized spacial score (nSPS) is 13.6. The van der Waals surface area contributed by atoms with Crippen LogP contribution in [-0.2, 0) is 14.3 Å². The zero-order valence-electron chi connectivity index (χ0n) is 16.9. The van der Waals surface area contributed by atoms with E-state index in [-0.39, 0.29) is 12.5 Å². The SMILES string of the molecule is CC(C)(C)OC(=O)N[C@H](NC(=O)OCC1c2ccccc2-c2ccccc21)C(=O)[O-]. The topological polar surface area (TPSA) is 117 Å². The molecule has 8 nitrogen and oxygen atoms in total. The van der Waals surface area contributed by atoms with E-state index in [0.717, 1.165) is 22.3 Å². The average Bonchev–Trinajstić information content (AvgIpc) is 2.98. The molecule has 0 spiro atoms. The second kappa shape index (κ2) is 8.44. The van der Waals surface area contributed by atoms with Crippen LogP contribution in [0.4, 0.5) is 9.59 Å². The van der Waals surface area contributed by atoms with Gasteiger partial charge in [0.2, 0.25) is 0 Å². The number of benzene rings is 2. The van der Waals surface area contributed by atoms with Crippen LogP contribution in [0.25, 0.3) is 11.1 Å². The third-order valence-corrected chi connectivity index (χ3v) is 4.50. The lowest BCUT2D eigenvalue weighted by atomic mass is 9.98. The highest BCUT2D eigenvalue weighted by molar-refractivity contribution is 5.83. The summed E-state index contributed by atoms with van der Waals surface area (Å²) in [6.07, 6.45) is -3.80. The fourth-order valence-corrected chi connectivity index (χ4v) is 3.34. The van der Waals surface area contributed by atoms with Crippen molar-refractivity contribution in [3.8, 4) is 11.1 Å². The minimum Gasteiger partial charge on any atom is -0.546 e. The summed E-state index contributed by atoms with van der Waals surface area (Å²) in [5, 5.41) is 15.4. The Morgan fingerprint density at radius 1 is 0.933 bits per heavy atom. The maximum atomic E-state index is 12.2. The molecule has 1 aliphatic rings. The fourth-order valence-electron chi connectivity index (χ4n) is 3.34. The first kappa shape index (κ1) is 21.2. The van der Waals surface area contributed by atoms with Gasteiger partial charge in [-0.15, -0.1) is 0 Å². The summed E-state index contributed by atoms with van der Waals surface area (Å²) in [7, 11) is 0. The molecule has 0 unspecified atom stereocenters. The molecule has 1 aliphatic carbocycles. The van der Waals surface area contributed by atoms with Crippen molar-refractivity contribution in [3.63, 3.8) is 0 Å². The van der Waals surface area contributed by atoms with Crippen molar-refractivity contribution in [1.82, 2.24) is 10.6 Å². The molecule has 8 heteroatoms. The van der Waals surface area contributed by atoms with Crippen LogP contribution >= 0.6 is 0 Å². The molecule has 2 amide bonds. The third-order valence-electron chi connectivity index (χ3n) is 4.50. The van der Waals surface area contributed by atoms with Crippen molar-refractivity contribution < 1.29 is 29.0 Å². The lowest BCUT2D eigenvalue weighted by molar-refractivity contribution is -0.309. The molecular weight excluding hydrogens is 388 g/mol. The predicted octanol–water partition coefficient (Wildman–Crippen LogP) is 2.13. The molecule has 0 bridgehead atoms. The highest BCUT2D eigenvalue weighted by Crippen LogP contribution is 2.44. The monoisotopic (exact) mass is 411 g/mol. The van der Waals surface area contributed by atoms with Gasteiger partial charge in [0, 0.05) is 5.92 Å². The van der Waals surface area contributed by atoms with E-state index in [0.29, 0.717) is 0 Å². The summed E-state index contributed by atoms with van der Waals surface area (Å²) in [5.41, 5.74) is 3.36. The molecule has 3 rings (SSSR count). The van der Waals surface area contributed by atoms with E-state index in [2.05, 4.69) is 5.32 Å². The Hall–Kier alpha value is -3.55. The van der Waals surface area contributed by atoms with Crippen molar-refractivity contribution in [2.75, 3.05) is 6.61 Å². The number of ether oxygens (including phenoxy) is 2. The molecule has 158 valence electrons. The molecule has 2 aromatic carbocycles. The number of carboxylic acid groups (broad SMARTS) is 1. The average molecular weight is 411 g/mol. The van der Waals surface area contributed by atoms with Gasteiger partial charge in [-0.05, 0) is 43.0 Å². The Morgan fingerprint density at radius 2 is 1.43 bits per heavy atom. The first-order chi connectivity index (χ1) is 14.2. The maximum Gasteiger partial charge on any atom is 0.409 e. The summed E-state index contributed by atoms with van der Waals surface area (Å²) in [6.45, 7) is 4.88. The molecule has 0 saturated carbocycles. The van der Waals surface area contributed by atoms with Gasteiger partial charge < -0.3 is 19.4 Å². The van der Waals surface area contributed by atoms with Gasteiger partial charge in [-0.3, -0.25) is 10.6 Å². The van der Waals surface area contributed by atoms with E-state index < -0.39 is 29.9 Å². The molecule has 0 aliphatic heterocycles. The van der Waals surface area contributed by atoms with Gasteiger partial charge in [-0.2, -0.15) is 0 Å². The van der Waals surface area contributed by atoms with E-state index in [1.165, 1.54) is 0 Å². The van der Waals surface area contributed by atoms with Crippen molar-refractivity contribution >= 4 is 18.2 Å². The molecule has 0 aromatic heterocycles. The quantitative estimate of drug-likeness (QED) is 0.728. The van der Waals surface area contributed by atoms with E-state index >= 15 is 0 Å². The molecule has 1 atom stereocenters. The van der Waals surface area contributed by atoms with Gasteiger partial charge in [0.25, 0.3) is 0 Å². The number of carbonyl (C=O) groups is 3. The third kappa shape index (κ3) is 4.89. The summed E-state index contributed by atoms with van der Waals surface area (Å²) >= 11 is 0. The van der Waals surface area contributed by atoms with Crippen molar-refractivity contribution in [1.29, 1.82) is 0 Å². The minimum absolute atomic E-state index is 0.00602. The number of hydrogen-bond acceptors (Lipinski definition) is 6. The van der Waals surface area contributed by atoms with Crippen LogP contribution in [0.5, 0.6) is 0 Å². The minimum atomic E-state index is -1.80. The smallest absolute Gasteiger partial charge is 0.409 e. The van der Waals surface area contributed by atoms with Crippen molar-refractivity contribution in [3.05, 3.63) is 59.7 Å². The second-order valence-corrected chi connectivity index (χ2v) is 7.87. The molecule has 0 heterocycles.